The van der Waals surface area contributed by atoms with Crippen molar-refractivity contribution in [3.05, 3.63) is 0 Å². The molecule has 0 aromatic carbocycles. The molecule has 98 valence electrons. The Hall–Kier alpha value is -0.570. The molecule has 0 radical (unpaired) electrons. The predicted octanol–water partition coefficient (Wildman–Crippen LogP) is 2.06. The van der Waals surface area contributed by atoms with E-state index in [0.717, 1.165) is 19.3 Å². The van der Waals surface area contributed by atoms with E-state index in [9.17, 15) is 4.79 Å². The van der Waals surface area contributed by atoms with Gasteiger partial charge in [-0.3, -0.25) is 4.79 Å². The summed E-state index contributed by atoms with van der Waals surface area (Å²) in [7, 11) is 0. The first-order chi connectivity index (χ1) is 8.10. The van der Waals surface area contributed by atoms with Crippen molar-refractivity contribution in [3.8, 4) is 0 Å². The predicted molar refractivity (Wildman–Crippen MR) is 69.4 cm³/mol. The van der Waals surface area contributed by atoms with Gasteiger partial charge in [-0.15, -0.1) is 0 Å². The van der Waals surface area contributed by atoms with Crippen LogP contribution in [0, 0.1) is 17.3 Å². The van der Waals surface area contributed by atoms with Gasteiger partial charge < -0.3 is 11.1 Å². The number of carbonyl (C=O) groups excluding carboxylic acids is 1. The summed E-state index contributed by atoms with van der Waals surface area (Å²) in [6.07, 6.45) is 6.97. The van der Waals surface area contributed by atoms with Crippen LogP contribution in [0.1, 0.15) is 52.4 Å². The van der Waals surface area contributed by atoms with Gasteiger partial charge in [-0.1, -0.05) is 26.7 Å². The lowest BCUT2D eigenvalue weighted by atomic mass is 9.84. The third-order valence-electron chi connectivity index (χ3n) is 5.02. The summed E-state index contributed by atoms with van der Waals surface area (Å²) >= 11 is 0. The van der Waals surface area contributed by atoms with Gasteiger partial charge in [0.2, 0.25) is 5.91 Å². The fourth-order valence-corrected chi connectivity index (χ4v) is 3.17. The van der Waals surface area contributed by atoms with Crippen LogP contribution in [-0.2, 0) is 4.79 Å². The smallest absolute Gasteiger partial charge is 0.223 e. The van der Waals surface area contributed by atoms with E-state index in [1.807, 2.05) is 0 Å². The van der Waals surface area contributed by atoms with Crippen LogP contribution in [0.5, 0.6) is 0 Å². The summed E-state index contributed by atoms with van der Waals surface area (Å²) in [5.74, 6) is 1.03. The number of amides is 1. The largest absolute Gasteiger partial charge is 0.353 e. The first kappa shape index (κ1) is 12.9. The van der Waals surface area contributed by atoms with Crippen molar-refractivity contribution in [1.29, 1.82) is 0 Å². The molecule has 1 amide bonds. The average molecular weight is 238 g/mol. The first-order valence-corrected chi connectivity index (χ1v) is 7.11. The fourth-order valence-electron chi connectivity index (χ4n) is 3.17. The highest BCUT2D eigenvalue weighted by Gasteiger charge is 2.53. The van der Waals surface area contributed by atoms with Crippen LogP contribution < -0.4 is 11.1 Å². The normalized spacial score (nSPS) is 41.0. The quantitative estimate of drug-likeness (QED) is 0.787. The third-order valence-corrected chi connectivity index (χ3v) is 5.02. The molecule has 0 bridgehead atoms. The zero-order chi connectivity index (χ0) is 12.5. The van der Waals surface area contributed by atoms with E-state index in [-0.39, 0.29) is 17.2 Å². The molecule has 2 aliphatic rings. The number of nitrogens with one attached hydrogen (secondary N) is 1. The Labute approximate surface area is 105 Å². The minimum absolute atomic E-state index is 0.257. The highest BCUT2D eigenvalue weighted by Crippen LogP contribution is 2.54. The SMILES string of the molecule is CCC1(C)CC1C(=O)NC1CCCCC1CN. The maximum atomic E-state index is 12.2. The van der Waals surface area contributed by atoms with E-state index in [2.05, 4.69) is 19.2 Å². The Morgan fingerprint density at radius 1 is 1.41 bits per heavy atom. The van der Waals surface area contributed by atoms with Gasteiger partial charge >= 0.3 is 0 Å². The standard InChI is InChI=1S/C14H26N2O/c1-3-14(2)8-11(14)13(17)16-12-7-5-4-6-10(12)9-15/h10-12H,3-9,15H2,1-2H3,(H,16,17). The van der Waals surface area contributed by atoms with Crippen LogP contribution in [-0.4, -0.2) is 18.5 Å². The van der Waals surface area contributed by atoms with Crippen molar-refractivity contribution >= 4 is 5.91 Å². The van der Waals surface area contributed by atoms with Gasteiger partial charge in [0.1, 0.15) is 0 Å². The molecule has 0 aromatic heterocycles. The third kappa shape index (κ3) is 2.65. The number of nitrogens with two attached hydrogens (primary N) is 1. The number of carbonyl (C=O) groups is 1. The van der Waals surface area contributed by atoms with Crippen molar-refractivity contribution in [3.63, 3.8) is 0 Å². The molecule has 17 heavy (non-hydrogen) atoms. The van der Waals surface area contributed by atoms with E-state index in [1.165, 1.54) is 19.3 Å². The number of hydrogen-bond acceptors (Lipinski definition) is 2. The molecular weight excluding hydrogens is 212 g/mol. The molecule has 0 saturated heterocycles. The molecule has 0 heterocycles. The number of rotatable bonds is 4. The Balaban J connectivity index is 1.86. The summed E-state index contributed by atoms with van der Waals surface area (Å²) < 4.78 is 0. The van der Waals surface area contributed by atoms with Gasteiger partial charge in [-0.2, -0.15) is 0 Å². The van der Waals surface area contributed by atoms with Crippen molar-refractivity contribution in [2.24, 2.45) is 23.0 Å². The molecule has 3 N–H and O–H groups in total. The molecule has 3 heteroatoms. The van der Waals surface area contributed by atoms with Gasteiger partial charge in [0.15, 0.2) is 0 Å². The van der Waals surface area contributed by atoms with Crippen LogP contribution in [0.2, 0.25) is 0 Å². The van der Waals surface area contributed by atoms with Gasteiger partial charge in [0.25, 0.3) is 0 Å². The Bertz CT molecular complexity index is 292. The lowest BCUT2D eigenvalue weighted by Gasteiger charge is -2.31. The van der Waals surface area contributed by atoms with Crippen LogP contribution in [0.4, 0.5) is 0 Å². The Morgan fingerprint density at radius 2 is 2.12 bits per heavy atom. The molecule has 2 saturated carbocycles. The molecule has 0 aromatic rings. The molecule has 2 fully saturated rings. The van der Waals surface area contributed by atoms with Crippen LogP contribution in [0.15, 0.2) is 0 Å². The highest BCUT2D eigenvalue weighted by molar-refractivity contribution is 5.82. The summed E-state index contributed by atoms with van der Waals surface area (Å²) in [4.78, 5) is 12.2. The lowest BCUT2D eigenvalue weighted by Crippen LogP contribution is -2.45. The van der Waals surface area contributed by atoms with Crippen LogP contribution in [0.3, 0.4) is 0 Å². The fraction of sp³-hybridized carbons (Fsp3) is 0.929. The Morgan fingerprint density at radius 3 is 2.71 bits per heavy atom. The van der Waals surface area contributed by atoms with E-state index in [4.69, 9.17) is 5.73 Å². The molecule has 4 unspecified atom stereocenters. The van der Waals surface area contributed by atoms with Gasteiger partial charge in [0.05, 0.1) is 0 Å². The first-order valence-electron chi connectivity index (χ1n) is 7.11. The topological polar surface area (TPSA) is 55.1 Å². The van der Waals surface area contributed by atoms with Crippen molar-refractivity contribution in [2.45, 2.75) is 58.4 Å². The highest BCUT2D eigenvalue weighted by atomic mass is 16.2. The van der Waals surface area contributed by atoms with E-state index in [1.54, 1.807) is 0 Å². The Kier molecular flexibility index (Phi) is 3.76. The summed E-state index contributed by atoms with van der Waals surface area (Å²) in [5, 5.41) is 3.25. The summed E-state index contributed by atoms with van der Waals surface area (Å²) in [5.41, 5.74) is 6.06. The monoisotopic (exact) mass is 238 g/mol. The summed E-state index contributed by atoms with van der Waals surface area (Å²) in [6, 6.07) is 0.336. The summed E-state index contributed by atoms with van der Waals surface area (Å²) in [6.45, 7) is 5.11. The molecule has 0 spiro atoms. The maximum absolute atomic E-state index is 12.2. The second-order valence-corrected chi connectivity index (χ2v) is 6.16. The van der Waals surface area contributed by atoms with Crippen LogP contribution >= 0.6 is 0 Å². The lowest BCUT2D eigenvalue weighted by molar-refractivity contribution is -0.124. The molecule has 4 atom stereocenters. The maximum Gasteiger partial charge on any atom is 0.223 e. The zero-order valence-corrected chi connectivity index (χ0v) is 11.2. The van der Waals surface area contributed by atoms with Crippen molar-refractivity contribution in [1.82, 2.24) is 5.32 Å². The van der Waals surface area contributed by atoms with E-state index in [0.29, 0.717) is 18.5 Å². The average Bonchev–Trinajstić information content (AvgIpc) is 3.03. The van der Waals surface area contributed by atoms with E-state index >= 15 is 0 Å². The van der Waals surface area contributed by atoms with Crippen molar-refractivity contribution in [2.75, 3.05) is 6.54 Å². The number of hydrogen-bond donors (Lipinski definition) is 2. The molecular formula is C14H26N2O. The van der Waals surface area contributed by atoms with Crippen LogP contribution in [0.25, 0.3) is 0 Å². The second-order valence-electron chi connectivity index (χ2n) is 6.16. The van der Waals surface area contributed by atoms with Crippen molar-refractivity contribution < 1.29 is 4.79 Å². The molecule has 0 aliphatic heterocycles. The second kappa shape index (κ2) is 4.97. The zero-order valence-electron chi connectivity index (χ0n) is 11.2. The van der Waals surface area contributed by atoms with Gasteiger partial charge in [0, 0.05) is 12.0 Å². The van der Waals surface area contributed by atoms with E-state index < -0.39 is 0 Å². The minimum atomic E-state index is 0.257. The van der Waals surface area contributed by atoms with Gasteiger partial charge in [-0.05, 0) is 43.6 Å². The molecule has 2 aliphatic carbocycles. The molecule has 2 rings (SSSR count). The minimum Gasteiger partial charge on any atom is -0.353 e. The van der Waals surface area contributed by atoms with Gasteiger partial charge in [-0.25, -0.2) is 0 Å². The molecule has 3 nitrogen and oxygen atoms in total.